The van der Waals surface area contributed by atoms with Gasteiger partial charge in [-0.1, -0.05) is 174 Å². The number of Topliss-reactive ketones (excluding diaryl/α,β-unsaturated/α-hetero) is 1. The van der Waals surface area contributed by atoms with Crippen LogP contribution in [0.1, 0.15) is 211 Å². The normalized spacial score (nSPS) is 12.3. The molecule has 0 aliphatic rings. The summed E-state index contributed by atoms with van der Waals surface area (Å²) in [7, 11) is 0. The Hall–Kier alpha value is -1.34. The second-order valence-corrected chi connectivity index (χ2v) is 13.9. The highest BCUT2D eigenvalue weighted by Crippen LogP contribution is 2.18. The fourth-order valence-corrected chi connectivity index (χ4v) is 6.38. The number of aromatic nitrogens is 1. The van der Waals surface area contributed by atoms with Crippen molar-refractivity contribution >= 4 is 5.78 Å². The second kappa shape index (κ2) is 34.5. The molecular formula is C41H77N3O3. The standard InChI is InChI=1S/C41H77N3O3/c1-3-5-7-8-9-10-11-12-13-14-15-19-22-25-30-37-44(43-36-38-45)47-39(31-6-4-2)32-26-23-20-17-16-18-21-24-27-34-41(46)40-33-28-29-35-42-40/h28-29,33,35,39,43,45H,3-27,30-32,34,36-38H2,1-2H3. The maximum atomic E-state index is 12.2. The topological polar surface area (TPSA) is 74.7 Å². The molecular weight excluding hydrogens is 582 g/mol. The molecule has 0 radical (unpaired) electrons. The summed E-state index contributed by atoms with van der Waals surface area (Å²) in [5.41, 5.74) is 3.92. The molecule has 6 heteroatoms. The van der Waals surface area contributed by atoms with Crippen LogP contribution >= 0.6 is 0 Å². The van der Waals surface area contributed by atoms with Crippen molar-refractivity contribution in [2.45, 2.75) is 206 Å². The van der Waals surface area contributed by atoms with Crippen LogP contribution in [0, 0.1) is 0 Å². The number of carbonyl (C=O) groups is 1. The summed E-state index contributed by atoms with van der Waals surface area (Å²) in [4.78, 5) is 22.8. The average Bonchev–Trinajstić information content (AvgIpc) is 3.09. The summed E-state index contributed by atoms with van der Waals surface area (Å²) in [6.45, 7) is 6.10. The van der Waals surface area contributed by atoms with Gasteiger partial charge in [0.05, 0.1) is 12.7 Å². The van der Waals surface area contributed by atoms with E-state index in [1.165, 1.54) is 148 Å². The first-order chi connectivity index (χ1) is 23.2. The van der Waals surface area contributed by atoms with Gasteiger partial charge in [-0.3, -0.25) is 14.6 Å². The zero-order chi connectivity index (χ0) is 33.9. The summed E-state index contributed by atoms with van der Waals surface area (Å²) < 4.78 is 0. The van der Waals surface area contributed by atoms with Crippen molar-refractivity contribution < 1.29 is 14.7 Å². The van der Waals surface area contributed by atoms with Crippen molar-refractivity contribution in [1.29, 1.82) is 0 Å². The fraction of sp³-hybridized carbons (Fsp3) is 0.854. The molecule has 0 amide bonds. The highest BCUT2D eigenvalue weighted by atomic mass is 16.7. The smallest absolute Gasteiger partial charge is 0.181 e. The summed E-state index contributed by atoms with van der Waals surface area (Å²) in [5, 5.41) is 11.4. The van der Waals surface area contributed by atoms with Gasteiger partial charge in [0.2, 0.25) is 0 Å². The number of nitrogens with one attached hydrogen (secondary N) is 1. The van der Waals surface area contributed by atoms with Crippen molar-refractivity contribution in [2.75, 3.05) is 19.7 Å². The Balaban J connectivity index is 2.09. The number of hydrazine groups is 1. The van der Waals surface area contributed by atoms with Crippen LogP contribution in [0.4, 0.5) is 0 Å². The minimum Gasteiger partial charge on any atom is -0.395 e. The van der Waals surface area contributed by atoms with Gasteiger partial charge in [-0.2, -0.15) is 0 Å². The van der Waals surface area contributed by atoms with Crippen molar-refractivity contribution in [3.63, 3.8) is 0 Å². The number of ketones is 1. The number of rotatable bonds is 37. The Morgan fingerprint density at radius 3 is 1.68 bits per heavy atom. The quantitative estimate of drug-likeness (QED) is 0.0420. The van der Waals surface area contributed by atoms with Gasteiger partial charge >= 0.3 is 0 Å². The van der Waals surface area contributed by atoms with Gasteiger partial charge < -0.3 is 5.11 Å². The lowest BCUT2D eigenvalue weighted by atomic mass is 10.0. The lowest BCUT2D eigenvalue weighted by Crippen LogP contribution is -2.43. The Labute approximate surface area is 291 Å². The average molecular weight is 660 g/mol. The molecule has 0 saturated heterocycles. The number of unbranched alkanes of at least 4 members (excludes halogenated alkanes) is 23. The van der Waals surface area contributed by atoms with Crippen LogP contribution in [-0.4, -0.2) is 46.8 Å². The first kappa shape index (κ1) is 43.7. The highest BCUT2D eigenvalue weighted by Gasteiger charge is 2.15. The lowest BCUT2D eigenvalue weighted by molar-refractivity contribution is -0.234. The maximum Gasteiger partial charge on any atom is 0.181 e. The van der Waals surface area contributed by atoms with Crippen LogP contribution in [0.15, 0.2) is 24.4 Å². The zero-order valence-corrected chi connectivity index (χ0v) is 31.2. The summed E-state index contributed by atoms with van der Waals surface area (Å²) in [6, 6.07) is 5.54. The number of aliphatic hydroxyl groups is 1. The van der Waals surface area contributed by atoms with Crippen molar-refractivity contribution in [3.05, 3.63) is 30.1 Å². The first-order valence-electron chi connectivity index (χ1n) is 20.4. The van der Waals surface area contributed by atoms with Crippen LogP contribution < -0.4 is 5.43 Å². The Bertz CT molecular complexity index is 778. The van der Waals surface area contributed by atoms with E-state index in [-0.39, 0.29) is 18.5 Å². The minimum atomic E-state index is 0.127. The van der Waals surface area contributed by atoms with Gasteiger partial charge in [-0.15, -0.1) is 5.17 Å². The van der Waals surface area contributed by atoms with Crippen LogP contribution in [-0.2, 0) is 4.84 Å². The molecule has 0 aromatic carbocycles. The van der Waals surface area contributed by atoms with Gasteiger partial charge in [-0.25, -0.2) is 5.43 Å². The largest absolute Gasteiger partial charge is 0.395 e. The molecule has 1 rings (SSSR count). The monoisotopic (exact) mass is 660 g/mol. The molecule has 0 aliphatic heterocycles. The van der Waals surface area contributed by atoms with Crippen molar-refractivity contribution in [3.8, 4) is 0 Å². The van der Waals surface area contributed by atoms with E-state index < -0.39 is 0 Å². The molecule has 0 spiro atoms. The number of hydrogen-bond acceptors (Lipinski definition) is 6. The van der Waals surface area contributed by atoms with Gasteiger partial charge in [-0.05, 0) is 37.8 Å². The fourth-order valence-electron chi connectivity index (χ4n) is 6.38. The van der Waals surface area contributed by atoms with Crippen LogP contribution in [0.5, 0.6) is 0 Å². The highest BCUT2D eigenvalue weighted by molar-refractivity contribution is 5.94. The molecule has 47 heavy (non-hydrogen) atoms. The predicted molar refractivity (Wildman–Crippen MR) is 200 cm³/mol. The molecule has 0 fully saturated rings. The molecule has 6 nitrogen and oxygen atoms in total. The SMILES string of the molecule is CCCCCCCCCCCCCCCCCN(NCCO)OC(CCCC)CCCCCCCCCCCC(=O)c1ccccn1. The first-order valence-corrected chi connectivity index (χ1v) is 20.4. The summed E-state index contributed by atoms with van der Waals surface area (Å²) in [5.74, 6) is 0.171. The van der Waals surface area contributed by atoms with E-state index in [9.17, 15) is 9.90 Å². The molecule has 1 atom stereocenters. The molecule has 1 aromatic heterocycles. The third-order valence-corrected chi connectivity index (χ3v) is 9.40. The van der Waals surface area contributed by atoms with Gasteiger partial charge in [0, 0.05) is 25.7 Å². The third kappa shape index (κ3) is 28.2. The summed E-state index contributed by atoms with van der Waals surface area (Å²) in [6.07, 6.45) is 38.8. The Morgan fingerprint density at radius 1 is 0.681 bits per heavy atom. The van der Waals surface area contributed by atoms with E-state index in [1.54, 1.807) is 6.20 Å². The minimum absolute atomic E-state index is 0.127. The second-order valence-electron chi connectivity index (χ2n) is 13.9. The zero-order valence-electron chi connectivity index (χ0n) is 31.2. The molecule has 0 bridgehead atoms. The number of aliphatic hydroxyl groups excluding tert-OH is 1. The molecule has 2 N–H and O–H groups in total. The van der Waals surface area contributed by atoms with Crippen LogP contribution in [0.3, 0.4) is 0 Å². The van der Waals surface area contributed by atoms with Crippen molar-refractivity contribution in [1.82, 2.24) is 15.6 Å². The molecule has 274 valence electrons. The van der Waals surface area contributed by atoms with E-state index in [4.69, 9.17) is 4.84 Å². The van der Waals surface area contributed by atoms with E-state index in [0.717, 1.165) is 38.6 Å². The molecule has 1 heterocycles. The Kier molecular flexibility index (Phi) is 32.1. The van der Waals surface area contributed by atoms with Crippen LogP contribution in [0.25, 0.3) is 0 Å². The number of nitrogens with zero attached hydrogens (tertiary/aromatic N) is 2. The lowest BCUT2D eigenvalue weighted by Gasteiger charge is -2.28. The van der Waals surface area contributed by atoms with Gasteiger partial charge in [0.1, 0.15) is 5.69 Å². The summed E-state index contributed by atoms with van der Waals surface area (Å²) >= 11 is 0. The number of hydroxylamine groups is 1. The molecule has 1 aromatic rings. The maximum absolute atomic E-state index is 12.2. The molecule has 1 unspecified atom stereocenters. The number of hydrogen-bond donors (Lipinski definition) is 2. The van der Waals surface area contributed by atoms with Crippen molar-refractivity contribution in [2.24, 2.45) is 0 Å². The van der Waals surface area contributed by atoms with Gasteiger partial charge in [0.25, 0.3) is 0 Å². The molecule has 0 saturated carbocycles. The number of carbonyl (C=O) groups excluding carboxylic acids is 1. The van der Waals surface area contributed by atoms with E-state index in [0.29, 0.717) is 18.7 Å². The predicted octanol–water partition coefficient (Wildman–Crippen LogP) is 11.7. The number of pyridine rings is 1. The van der Waals surface area contributed by atoms with E-state index >= 15 is 0 Å². The van der Waals surface area contributed by atoms with E-state index in [1.807, 2.05) is 23.4 Å². The third-order valence-electron chi connectivity index (χ3n) is 9.40. The van der Waals surface area contributed by atoms with Crippen LogP contribution in [0.2, 0.25) is 0 Å². The van der Waals surface area contributed by atoms with E-state index in [2.05, 4.69) is 24.3 Å². The Morgan fingerprint density at radius 2 is 1.17 bits per heavy atom. The molecule has 0 aliphatic carbocycles. The van der Waals surface area contributed by atoms with Gasteiger partial charge in [0.15, 0.2) is 5.78 Å².